The van der Waals surface area contributed by atoms with Crippen LogP contribution in [0.15, 0.2) is 61.4 Å². The fourth-order valence-corrected chi connectivity index (χ4v) is 3.76. The summed E-state index contributed by atoms with van der Waals surface area (Å²) < 4.78 is 5.04. The molecule has 158 valence electrons. The summed E-state index contributed by atoms with van der Waals surface area (Å²) in [6, 6.07) is 12.1. The fraction of sp³-hybridized carbons (Fsp3) is 0.375. The van der Waals surface area contributed by atoms with E-state index in [1.807, 2.05) is 18.3 Å². The van der Waals surface area contributed by atoms with Gasteiger partial charge in [-0.05, 0) is 29.2 Å². The van der Waals surface area contributed by atoms with Crippen LogP contribution in [0.1, 0.15) is 12.0 Å². The van der Waals surface area contributed by atoms with E-state index < -0.39 is 0 Å². The monoisotopic (exact) mass is 407 g/mol. The van der Waals surface area contributed by atoms with Crippen LogP contribution in [0, 0.1) is 5.92 Å². The van der Waals surface area contributed by atoms with Gasteiger partial charge in [-0.1, -0.05) is 36.4 Å². The predicted octanol–water partition coefficient (Wildman–Crippen LogP) is 2.80. The van der Waals surface area contributed by atoms with E-state index in [2.05, 4.69) is 35.8 Å². The number of carbonyl (C=O) groups excluding carboxylic acids is 2. The number of pyridine rings is 1. The standard InChI is InChI=1S/C24H29N3O3/c1-3-12-26-13-14-27(23(28)10-15-30-2)18-22(24(26)29)16-19-6-8-20(9-7-19)21-5-4-11-25-17-21/h3-9,11,17,22H,1,10,12-16,18H2,2H3. The van der Waals surface area contributed by atoms with Gasteiger partial charge < -0.3 is 14.5 Å². The Hall–Kier alpha value is -2.99. The highest BCUT2D eigenvalue weighted by Crippen LogP contribution is 2.22. The van der Waals surface area contributed by atoms with E-state index in [-0.39, 0.29) is 17.7 Å². The molecule has 3 rings (SSSR count). The first kappa shape index (κ1) is 21.7. The minimum Gasteiger partial charge on any atom is -0.384 e. The zero-order valence-electron chi connectivity index (χ0n) is 17.5. The van der Waals surface area contributed by atoms with Crippen molar-refractivity contribution in [3.8, 4) is 11.1 Å². The van der Waals surface area contributed by atoms with Crippen molar-refractivity contribution in [1.82, 2.24) is 14.8 Å². The number of hydrogen-bond acceptors (Lipinski definition) is 4. The lowest BCUT2D eigenvalue weighted by molar-refractivity contribution is -0.134. The number of hydrogen-bond donors (Lipinski definition) is 0. The van der Waals surface area contributed by atoms with Gasteiger partial charge in [-0.2, -0.15) is 0 Å². The first-order chi connectivity index (χ1) is 14.6. The van der Waals surface area contributed by atoms with Crippen molar-refractivity contribution in [3.05, 3.63) is 67.0 Å². The lowest BCUT2D eigenvalue weighted by atomic mass is 9.96. The molecule has 0 saturated carbocycles. The number of ether oxygens (including phenoxy) is 1. The first-order valence-corrected chi connectivity index (χ1v) is 10.3. The molecule has 1 fully saturated rings. The Morgan fingerprint density at radius 1 is 1.23 bits per heavy atom. The van der Waals surface area contributed by atoms with E-state index in [9.17, 15) is 9.59 Å². The summed E-state index contributed by atoms with van der Waals surface area (Å²) in [6.45, 7) is 6.15. The molecule has 1 atom stereocenters. The molecule has 0 N–H and O–H groups in total. The number of aromatic nitrogens is 1. The Morgan fingerprint density at radius 3 is 2.70 bits per heavy atom. The molecule has 30 heavy (non-hydrogen) atoms. The van der Waals surface area contributed by atoms with Gasteiger partial charge in [0.2, 0.25) is 11.8 Å². The molecule has 1 aromatic carbocycles. The van der Waals surface area contributed by atoms with Crippen LogP contribution in [0.25, 0.3) is 11.1 Å². The number of methoxy groups -OCH3 is 1. The molecule has 2 aromatic rings. The Morgan fingerprint density at radius 2 is 2.03 bits per heavy atom. The second-order valence-corrected chi connectivity index (χ2v) is 7.50. The van der Waals surface area contributed by atoms with E-state index in [4.69, 9.17) is 4.74 Å². The predicted molar refractivity (Wildman–Crippen MR) is 117 cm³/mol. The smallest absolute Gasteiger partial charge is 0.228 e. The normalized spacial score (nSPS) is 17.0. The SMILES string of the molecule is C=CCN1CCN(C(=O)CCOC)CC(Cc2ccc(-c3cccnc3)cc2)C1=O. The summed E-state index contributed by atoms with van der Waals surface area (Å²) in [6.07, 6.45) is 6.25. The van der Waals surface area contributed by atoms with Crippen molar-refractivity contribution in [3.63, 3.8) is 0 Å². The second kappa shape index (κ2) is 10.7. The largest absolute Gasteiger partial charge is 0.384 e. The highest BCUT2D eigenvalue weighted by atomic mass is 16.5. The van der Waals surface area contributed by atoms with Gasteiger partial charge in [0, 0.05) is 45.7 Å². The van der Waals surface area contributed by atoms with Crippen LogP contribution in [0.3, 0.4) is 0 Å². The van der Waals surface area contributed by atoms with E-state index in [1.54, 1.807) is 29.2 Å². The van der Waals surface area contributed by atoms with Gasteiger partial charge in [0.05, 0.1) is 18.9 Å². The van der Waals surface area contributed by atoms with Gasteiger partial charge in [-0.15, -0.1) is 6.58 Å². The topological polar surface area (TPSA) is 62.7 Å². The van der Waals surface area contributed by atoms with Crippen molar-refractivity contribution in [2.75, 3.05) is 39.9 Å². The molecule has 2 amide bonds. The summed E-state index contributed by atoms with van der Waals surface area (Å²) in [5, 5.41) is 0. The zero-order chi connectivity index (χ0) is 21.3. The molecule has 0 aliphatic carbocycles. The number of rotatable bonds is 8. The number of carbonyl (C=O) groups is 2. The quantitative estimate of drug-likeness (QED) is 0.632. The van der Waals surface area contributed by atoms with Gasteiger partial charge >= 0.3 is 0 Å². The molecule has 6 heteroatoms. The minimum atomic E-state index is -0.275. The molecule has 2 heterocycles. The highest BCUT2D eigenvalue weighted by Gasteiger charge is 2.31. The van der Waals surface area contributed by atoms with Gasteiger partial charge in [0.1, 0.15) is 0 Å². The van der Waals surface area contributed by atoms with Crippen LogP contribution in [0.2, 0.25) is 0 Å². The minimum absolute atomic E-state index is 0.0297. The van der Waals surface area contributed by atoms with Crippen molar-refractivity contribution in [2.45, 2.75) is 12.8 Å². The first-order valence-electron chi connectivity index (χ1n) is 10.3. The average molecular weight is 408 g/mol. The Labute approximate surface area is 178 Å². The van der Waals surface area contributed by atoms with E-state index >= 15 is 0 Å². The maximum Gasteiger partial charge on any atom is 0.228 e. The van der Waals surface area contributed by atoms with E-state index in [1.165, 1.54) is 0 Å². The number of nitrogens with zero attached hydrogens (tertiary/aromatic N) is 3. The number of amides is 2. The Kier molecular flexibility index (Phi) is 7.74. The van der Waals surface area contributed by atoms with Gasteiger partial charge in [-0.3, -0.25) is 14.6 Å². The summed E-state index contributed by atoms with van der Waals surface area (Å²) >= 11 is 0. The molecule has 1 saturated heterocycles. The van der Waals surface area contributed by atoms with E-state index in [0.29, 0.717) is 45.6 Å². The van der Waals surface area contributed by atoms with Crippen LogP contribution in [-0.2, 0) is 20.7 Å². The third-order valence-corrected chi connectivity index (χ3v) is 5.39. The lowest BCUT2D eigenvalue weighted by Gasteiger charge is -2.23. The molecule has 1 aliphatic rings. The molecular formula is C24H29N3O3. The van der Waals surface area contributed by atoms with Crippen LogP contribution >= 0.6 is 0 Å². The Bertz CT molecular complexity index is 852. The molecule has 6 nitrogen and oxygen atoms in total. The summed E-state index contributed by atoms with van der Waals surface area (Å²) in [5.41, 5.74) is 3.22. The Balaban J connectivity index is 1.75. The van der Waals surface area contributed by atoms with Crippen LogP contribution in [0.5, 0.6) is 0 Å². The van der Waals surface area contributed by atoms with E-state index in [0.717, 1.165) is 16.7 Å². The second-order valence-electron chi connectivity index (χ2n) is 7.50. The molecule has 1 aliphatic heterocycles. The van der Waals surface area contributed by atoms with Gasteiger partial charge in [0.25, 0.3) is 0 Å². The molecule has 0 spiro atoms. The van der Waals surface area contributed by atoms with Crippen molar-refractivity contribution in [1.29, 1.82) is 0 Å². The molecule has 0 radical (unpaired) electrons. The van der Waals surface area contributed by atoms with Crippen LogP contribution < -0.4 is 0 Å². The average Bonchev–Trinajstić information content (AvgIpc) is 2.93. The van der Waals surface area contributed by atoms with Crippen molar-refractivity contribution >= 4 is 11.8 Å². The van der Waals surface area contributed by atoms with Gasteiger partial charge in [0.15, 0.2) is 0 Å². The van der Waals surface area contributed by atoms with Crippen LogP contribution in [0.4, 0.5) is 0 Å². The molecule has 0 bridgehead atoms. The third kappa shape index (κ3) is 5.54. The highest BCUT2D eigenvalue weighted by molar-refractivity contribution is 5.82. The fourth-order valence-electron chi connectivity index (χ4n) is 3.76. The molecular weight excluding hydrogens is 378 g/mol. The van der Waals surface area contributed by atoms with Gasteiger partial charge in [-0.25, -0.2) is 0 Å². The number of benzene rings is 1. The molecule has 1 unspecified atom stereocenters. The summed E-state index contributed by atoms with van der Waals surface area (Å²) in [4.78, 5) is 33.5. The summed E-state index contributed by atoms with van der Waals surface area (Å²) in [5.74, 6) is -0.168. The lowest BCUT2D eigenvalue weighted by Crippen LogP contribution is -2.38. The third-order valence-electron chi connectivity index (χ3n) is 5.39. The maximum atomic E-state index is 13.1. The zero-order valence-corrected chi connectivity index (χ0v) is 17.5. The van der Waals surface area contributed by atoms with Crippen molar-refractivity contribution < 1.29 is 14.3 Å². The molecule has 1 aromatic heterocycles. The summed E-state index contributed by atoms with van der Waals surface area (Å²) in [7, 11) is 1.59. The van der Waals surface area contributed by atoms with Crippen molar-refractivity contribution in [2.24, 2.45) is 5.92 Å². The van der Waals surface area contributed by atoms with Crippen LogP contribution in [-0.4, -0.2) is 66.5 Å². The maximum absolute atomic E-state index is 13.1.